The van der Waals surface area contributed by atoms with Crippen LogP contribution in [0.3, 0.4) is 0 Å². The molecule has 1 fully saturated rings. The second-order valence-corrected chi connectivity index (χ2v) is 7.79. The molecule has 3 N–H and O–H groups in total. The first kappa shape index (κ1) is 17.1. The number of para-hydroxylation sites is 1. The molecule has 8 heteroatoms. The van der Waals surface area contributed by atoms with Gasteiger partial charge in [-0.2, -0.15) is 5.10 Å². The van der Waals surface area contributed by atoms with Gasteiger partial charge in [0.25, 0.3) is 0 Å². The molecule has 1 heterocycles. The van der Waals surface area contributed by atoms with E-state index in [-0.39, 0.29) is 29.1 Å². The average Bonchev–Trinajstić information content (AvgIpc) is 3.25. The van der Waals surface area contributed by atoms with Crippen molar-refractivity contribution >= 4 is 10.0 Å². The Bertz CT molecular complexity index is 800. The van der Waals surface area contributed by atoms with Crippen LogP contribution in [-0.2, 0) is 10.0 Å². The van der Waals surface area contributed by atoms with Gasteiger partial charge in [0.15, 0.2) is 0 Å². The van der Waals surface area contributed by atoms with Gasteiger partial charge in [-0.1, -0.05) is 25.0 Å². The molecule has 0 bridgehead atoms. The molecular weight excluding hydrogens is 331 g/mol. The highest BCUT2D eigenvalue weighted by Gasteiger charge is 2.29. The van der Waals surface area contributed by atoms with Crippen LogP contribution in [0.4, 0.5) is 4.39 Å². The van der Waals surface area contributed by atoms with Crippen LogP contribution in [-0.4, -0.2) is 30.8 Å². The molecule has 1 aromatic carbocycles. The highest BCUT2D eigenvalue weighted by molar-refractivity contribution is 7.89. The molecule has 0 aliphatic heterocycles. The Hall–Kier alpha value is -1.77. The molecule has 3 rings (SSSR count). The SMILES string of the molecule is NCC(NS(=O)(=O)c1cnn(-c2ccccc2F)c1)C1CCCC1. The lowest BCUT2D eigenvalue weighted by molar-refractivity contribution is 0.405. The molecule has 1 aliphatic carbocycles. The Morgan fingerprint density at radius 3 is 2.71 bits per heavy atom. The molecule has 1 unspecified atom stereocenters. The van der Waals surface area contributed by atoms with E-state index < -0.39 is 15.8 Å². The number of hydrogen-bond acceptors (Lipinski definition) is 4. The smallest absolute Gasteiger partial charge is 0.244 e. The highest BCUT2D eigenvalue weighted by atomic mass is 32.2. The largest absolute Gasteiger partial charge is 0.329 e. The first-order valence-corrected chi connectivity index (χ1v) is 9.51. The van der Waals surface area contributed by atoms with Gasteiger partial charge in [-0.05, 0) is 30.9 Å². The summed E-state index contributed by atoms with van der Waals surface area (Å²) >= 11 is 0. The summed E-state index contributed by atoms with van der Waals surface area (Å²) in [5, 5.41) is 3.97. The third-order valence-corrected chi connectivity index (χ3v) is 5.94. The maximum Gasteiger partial charge on any atom is 0.244 e. The topological polar surface area (TPSA) is 90.0 Å². The minimum absolute atomic E-state index is 0.00204. The van der Waals surface area contributed by atoms with Crippen molar-refractivity contribution in [2.45, 2.75) is 36.6 Å². The Morgan fingerprint density at radius 1 is 1.33 bits per heavy atom. The maximum absolute atomic E-state index is 13.8. The van der Waals surface area contributed by atoms with Gasteiger partial charge in [-0.3, -0.25) is 0 Å². The van der Waals surface area contributed by atoms with Crippen LogP contribution in [0, 0.1) is 11.7 Å². The fourth-order valence-electron chi connectivity index (χ4n) is 3.18. The van der Waals surface area contributed by atoms with E-state index >= 15 is 0 Å². The predicted molar refractivity (Wildman–Crippen MR) is 88.6 cm³/mol. The zero-order valence-corrected chi connectivity index (χ0v) is 14.0. The summed E-state index contributed by atoms with van der Waals surface area (Å²) < 4.78 is 42.9. The number of nitrogens with two attached hydrogens (primary N) is 1. The lowest BCUT2D eigenvalue weighted by Gasteiger charge is -2.22. The standard InChI is InChI=1S/C16H21FN4O2S/c17-14-7-3-4-8-16(14)21-11-13(10-19-21)24(22,23)20-15(9-18)12-5-1-2-6-12/h3-4,7-8,10-12,15,20H,1-2,5-6,9,18H2. The molecule has 0 spiro atoms. The van der Waals surface area contributed by atoms with Gasteiger partial charge in [0.2, 0.25) is 10.0 Å². The first-order valence-electron chi connectivity index (χ1n) is 8.03. The van der Waals surface area contributed by atoms with Crippen molar-refractivity contribution in [3.63, 3.8) is 0 Å². The zero-order valence-electron chi connectivity index (χ0n) is 13.2. The average molecular weight is 352 g/mol. The number of nitrogens with zero attached hydrogens (tertiary/aromatic N) is 2. The monoisotopic (exact) mass is 352 g/mol. The molecule has 1 aliphatic rings. The maximum atomic E-state index is 13.8. The quantitative estimate of drug-likeness (QED) is 0.830. The van der Waals surface area contributed by atoms with E-state index in [9.17, 15) is 12.8 Å². The molecule has 6 nitrogen and oxygen atoms in total. The number of rotatable bonds is 6. The van der Waals surface area contributed by atoms with Crippen molar-refractivity contribution in [2.24, 2.45) is 11.7 Å². The van der Waals surface area contributed by atoms with Gasteiger partial charge in [-0.25, -0.2) is 22.2 Å². The lowest BCUT2D eigenvalue weighted by Crippen LogP contribution is -2.44. The summed E-state index contributed by atoms with van der Waals surface area (Å²) in [6.45, 7) is 0.255. The Morgan fingerprint density at radius 2 is 2.04 bits per heavy atom. The third-order valence-electron chi connectivity index (χ3n) is 4.50. The molecule has 1 atom stereocenters. The summed E-state index contributed by atoms with van der Waals surface area (Å²) in [7, 11) is -3.74. The minimum atomic E-state index is -3.74. The van der Waals surface area contributed by atoms with Crippen LogP contribution in [0.1, 0.15) is 25.7 Å². The van der Waals surface area contributed by atoms with E-state index in [1.165, 1.54) is 29.2 Å². The van der Waals surface area contributed by atoms with Gasteiger partial charge in [-0.15, -0.1) is 0 Å². The highest BCUT2D eigenvalue weighted by Crippen LogP contribution is 2.28. The number of aromatic nitrogens is 2. The molecule has 0 saturated heterocycles. The summed E-state index contributed by atoms with van der Waals surface area (Å²) in [4.78, 5) is 0.00204. The van der Waals surface area contributed by atoms with Crippen LogP contribution in [0.15, 0.2) is 41.6 Å². The zero-order chi connectivity index (χ0) is 17.2. The molecule has 1 aromatic heterocycles. The first-order chi connectivity index (χ1) is 11.5. The van der Waals surface area contributed by atoms with Crippen LogP contribution in [0.25, 0.3) is 5.69 Å². The van der Waals surface area contributed by atoms with E-state index in [2.05, 4.69) is 9.82 Å². The second-order valence-electron chi connectivity index (χ2n) is 6.08. The van der Waals surface area contributed by atoms with Gasteiger partial charge in [0.1, 0.15) is 16.4 Å². The van der Waals surface area contributed by atoms with E-state index in [0.717, 1.165) is 25.7 Å². The minimum Gasteiger partial charge on any atom is -0.329 e. The van der Waals surface area contributed by atoms with Crippen LogP contribution < -0.4 is 10.5 Å². The van der Waals surface area contributed by atoms with E-state index in [4.69, 9.17) is 5.73 Å². The molecule has 1 saturated carbocycles. The molecule has 0 radical (unpaired) electrons. The van der Waals surface area contributed by atoms with Crippen molar-refractivity contribution in [1.82, 2.24) is 14.5 Å². The van der Waals surface area contributed by atoms with E-state index in [1.807, 2.05) is 0 Å². The normalized spacial score (nSPS) is 17.2. The second kappa shape index (κ2) is 7.00. The van der Waals surface area contributed by atoms with Crippen molar-refractivity contribution in [3.8, 4) is 5.69 Å². The number of sulfonamides is 1. The van der Waals surface area contributed by atoms with E-state index in [1.54, 1.807) is 12.1 Å². The summed E-state index contributed by atoms with van der Waals surface area (Å²) in [5.41, 5.74) is 5.96. The number of hydrogen-bond donors (Lipinski definition) is 2. The van der Waals surface area contributed by atoms with Crippen molar-refractivity contribution in [3.05, 3.63) is 42.5 Å². The summed E-state index contributed by atoms with van der Waals surface area (Å²) in [6, 6.07) is 5.78. The fraction of sp³-hybridized carbons (Fsp3) is 0.438. The van der Waals surface area contributed by atoms with Crippen molar-refractivity contribution in [2.75, 3.05) is 6.54 Å². The molecule has 0 amide bonds. The van der Waals surface area contributed by atoms with E-state index in [0.29, 0.717) is 0 Å². The van der Waals surface area contributed by atoms with Gasteiger partial charge in [0, 0.05) is 12.6 Å². The lowest BCUT2D eigenvalue weighted by atomic mass is 9.99. The summed E-state index contributed by atoms with van der Waals surface area (Å²) in [5.74, 6) is -0.199. The van der Waals surface area contributed by atoms with Gasteiger partial charge >= 0.3 is 0 Å². The number of nitrogens with one attached hydrogen (secondary N) is 1. The third kappa shape index (κ3) is 3.50. The Balaban J connectivity index is 1.81. The molecule has 2 aromatic rings. The van der Waals surface area contributed by atoms with Crippen LogP contribution in [0.2, 0.25) is 0 Å². The molecule has 130 valence electrons. The van der Waals surface area contributed by atoms with Gasteiger partial charge < -0.3 is 5.73 Å². The fourth-order valence-corrected chi connectivity index (χ4v) is 4.43. The van der Waals surface area contributed by atoms with Crippen molar-refractivity contribution in [1.29, 1.82) is 0 Å². The van der Waals surface area contributed by atoms with Crippen molar-refractivity contribution < 1.29 is 12.8 Å². The molecular formula is C16H21FN4O2S. The summed E-state index contributed by atoms with van der Waals surface area (Å²) in [6.07, 6.45) is 6.71. The van der Waals surface area contributed by atoms with Crippen LogP contribution in [0.5, 0.6) is 0 Å². The Labute approximate surface area is 140 Å². The predicted octanol–water partition coefficient (Wildman–Crippen LogP) is 1.81. The molecule has 24 heavy (non-hydrogen) atoms. The van der Waals surface area contributed by atoms with Gasteiger partial charge in [0.05, 0.1) is 12.4 Å². The number of benzene rings is 1. The Kier molecular flexibility index (Phi) is 4.98. The van der Waals surface area contributed by atoms with Crippen LogP contribution >= 0.6 is 0 Å². The number of halogens is 1.